The number of carbonyl (C=O) groups is 3. The Balaban J connectivity index is 3.73. The highest BCUT2D eigenvalue weighted by Crippen LogP contribution is 1.85. The van der Waals surface area contributed by atoms with E-state index in [1.165, 1.54) is 7.11 Å². The summed E-state index contributed by atoms with van der Waals surface area (Å²) in [7, 11) is 1.28. The number of ether oxygens (including phenoxy) is 1. The van der Waals surface area contributed by atoms with Gasteiger partial charge in [-0.15, -0.1) is 0 Å². The Kier molecular flexibility index (Phi) is 6.03. The highest BCUT2D eigenvalue weighted by molar-refractivity contribution is 5.96. The van der Waals surface area contributed by atoms with E-state index >= 15 is 0 Å². The minimum atomic E-state index is -0.901. The zero-order valence-corrected chi connectivity index (χ0v) is 8.70. The van der Waals surface area contributed by atoms with Gasteiger partial charge >= 0.3 is 12.0 Å². The van der Waals surface area contributed by atoms with Crippen molar-refractivity contribution in [3.63, 3.8) is 0 Å². The van der Waals surface area contributed by atoms with Crippen LogP contribution in [-0.2, 0) is 14.3 Å². The number of urea groups is 1. The molecule has 1 unspecified atom stereocenters. The average molecular weight is 217 g/mol. The van der Waals surface area contributed by atoms with E-state index in [2.05, 4.69) is 10.1 Å². The van der Waals surface area contributed by atoms with Crippen LogP contribution in [0.1, 0.15) is 13.3 Å². The lowest BCUT2D eigenvalue weighted by Gasteiger charge is -2.11. The number of nitrogens with one attached hydrogen (secondary N) is 2. The van der Waals surface area contributed by atoms with Crippen LogP contribution in [0.3, 0.4) is 0 Å². The summed E-state index contributed by atoms with van der Waals surface area (Å²) in [6.45, 7) is 1.84. The van der Waals surface area contributed by atoms with Crippen molar-refractivity contribution < 1.29 is 19.1 Å². The van der Waals surface area contributed by atoms with Gasteiger partial charge in [-0.25, -0.2) is 4.79 Å². The maximum atomic E-state index is 11.1. The Morgan fingerprint density at radius 1 is 1.40 bits per heavy atom. The molecule has 0 saturated heterocycles. The molecule has 4 N–H and O–H groups in total. The van der Waals surface area contributed by atoms with Crippen molar-refractivity contribution in [3.8, 4) is 0 Å². The second-order valence-corrected chi connectivity index (χ2v) is 2.86. The Labute approximate surface area is 87.3 Å². The summed E-state index contributed by atoms with van der Waals surface area (Å²) in [4.78, 5) is 32.1. The molecule has 7 heteroatoms. The lowest BCUT2D eigenvalue weighted by molar-refractivity contribution is -0.140. The average Bonchev–Trinajstić information content (AvgIpc) is 2.16. The third-order valence-electron chi connectivity index (χ3n) is 1.65. The fourth-order valence-corrected chi connectivity index (χ4v) is 0.815. The van der Waals surface area contributed by atoms with Crippen molar-refractivity contribution in [3.05, 3.63) is 0 Å². The van der Waals surface area contributed by atoms with Crippen LogP contribution in [-0.4, -0.2) is 37.6 Å². The number of hydrogen-bond donors (Lipinski definition) is 3. The molecular formula is C8H15N3O4. The zero-order chi connectivity index (χ0) is 11.8. The van der Waals surface area contributed by atoms with Gasteiger partial charge in [-0.3, -0.25) is 14.9 Å². The van der Waals surface area contributed by atoms with Crippen LogP contribution in [0.25, 0.3) is 0 Å². The van der Waals surface area contributed by atoms with E-state index in [0.717, 1.165) is 0 Å². The first-order valence-corrected chi connectivity index (χ1v) is 4.38. The fourth-order valence-electron chi connectivity index (χ4n) is 0.815. The molecule has 0 rings (SSSR count). The summed E-state index contributed by atoms with van der Waals surface area (Å²) in [5.74, 6) is -0.905. The number of imide groups is 1. The molecule has 1 atom stereocenters. The molecule has 0 bridgehead atoms. The maximum Gasteiger partial charge on any atom is 0.318 e. The van der Waals surface area contributed by atoms with Crippen molar-refractivity contribution in [2.45, 2.75) is 19.4 Å². The lowest BCUT2D eigenvalue weighted by atomic mass is 10.3. The second kappa shape index (κ2) is 6.77. The highest BCUT2D eigenvalue weighted by Gasteiger charge is 2.13. The summed E-state index contributed by atoms with van der Waals surface area (Å²) in [5, 5.41) is 4.65. The first-order valence-electron chi connectivity index (χ1n) is 4.38. The zero-order valence-electron chi connectivity index (χ0n) is 8.70. The Bertz CT molecular complexity index is 254. The van der Waals surface area contributed by atoms with E-state index in [1.807, 2.05) is 5.32 Å². The normalized spacial score (nSPS) is 11.6. The molecule has 3 amide bonds. The largest absolute Gasteiger partial charge is 0.469 e. The number of rotatable bonds is 5. The van der Waals surface area contributed by atoms with Gasteiger partial charge in [0.25, 0.3) is 0 Å². The van der Waals surface area contributed by atoms with Gasteiger partial charge in [0.2, 0.25) is 5.91 Å². The molecule has 15 heavy (non-hydrogen) atoms. The summed E-state index contributed by atoms with van der Waals surface area (Å²) >= 11 is 0. The molecule has 0 spiro atoms. The van der Waals surface area contributed by atoms with E-state index < -0.39 is 18.0 Å². The fraction of sp³-hybridized carbons (Fsp3) is 0.625. The van der Waals surface area contributed by atoms with Crippen LogP contribution in [0.5, 0.6) is 0 Å². The lowest BCUT2D eigenvalue weighted by Crippen LogP contribution is -2.46. The molecule has 0 aromatic heterocycles. The second-order valence-electron chi connectivity index (χ2n) is 2.86. The van der Waals surface area contributed by atoms with E-state index in [-0.39, 0.29) is 12.4 Å². The van der Waals surface area contributed by atoms with Crippen molar-refractivity contribution in [1.29, 1.82) is 0 Å². The van der Waals surface area contributed by atoms with E-state index in [4.69, 9.17) is 5.73 Å². The Morgan fingerprint density at radius 3 is 2.47 bits per heavy atom. The van der Waals surface area contributed by atoms with E-state index in [0.29, 0.717) is 6.54 Å². The first-order chi connectivity index (χ1) is 6.97. The predicted octanol–water partition coefficient (Wildman–Crippen LogP) is -1.28. The molecule has 86 valence electrons. The maximum absolute atomic E-state index is 11.1. The molecule has 0 fully saturated rings. The quantitative estimate of drug-likeness (QED) is 0.497. The minimum Gasteiger partial charge on any atom is -0.469 e. The summed E-state index contributed by atoms with van der Waals surface area (Å²) in [6, 6.07) is -1.50. The van der Waals surface area contributed by atoms with Crippen molar-refractivity contribution in [2.24, 2.45) is 5.73 Å². The number of amides is 3. The number of methoxy groups -OCH3 is 1. The molecule has 0 heterocycles. The van der Waals surface area contributed by atoms with Gasteiger partial charge in [0.1, 0.15) is 0 Å². The molecule has 0 saturated carbocycles. The molecule has 0 aliphatic rings. The Morgan fingerprint density at radius 2 is 2.00 bits per heavy atom. The van der Waals surface area contributed by atoms with Crippen molar-refractivity contribution >= 4 is 17.9 Å². The molecular weight excluding hydrogens is 202 g/mol. The number of primary amides is 1. The molecule has 7 nitrogen and oxygen atoms in total. The summed E-state index contributed by atoms with van der Waals surface area (Å²) in [5.41, 5.74) is 4.76. The summed E-state index contributed by atoms with van der Waals surface area (Å²) in [6.07, 6.45) is 0.157. The van der Waals surface area contributed by atoms with Gasteiger partial charge in [-0.2, -0.15) is 0 Å². The molecule has 0 aliphatic carbocycles. The smallest absolute Gasteiger partial charge is 0.318 e. The van der Waals surface area contributed by atoms with Gasteiger partial charge in [-0.05, 0) is 6.92 Å². The van der Waals surface area contributed by atoms with E-state index in [9.17, 15) is 14.4 Å². The summed E-state index contributed by atoms with van der Waals surface area (Å²) < 4.78 is 4.40. The van der Waals surface area contributed by atoms with Crippen molar-refractivity contribution in [2.75, 3.05) is 13.7 Å². The topological polar surface area (TPSA) is 111 Å². The van der Waals surface area contributed by atoms with Gasteiger partial charge in [0, 0.05) is 6.54 Å². The molecule has 0 aromatic rings. The van der Waals surface area contributed by atoms with Crippen molar-refractivity contribution in [1.82, 2.24) is 10.6 Å². The minimum absolute atomic E-state index is 0.157. The SMILES string of the molecule is COC(=O)CCNC(C)C(=O)NC(N)=O. The Hall–Kier alpha value is -1.63. The first kappa shape index (κ1) is 13.4. The van der Waals surface area contributed by atoms with Crippen LogP contribution >= 0.6 is 0 Å². The van der Waals surface area contributed by atoms with Gasteiger partial charge in [-0.1, -0.05) is 0 Å². The van der Waals surface area contributed by atoms with Crippen LogP contribution in [0.4, 0.5) is 4.79 Å². The van der Waals surface area contributed by atoms with E-state index in [1.54, 1.807) is 6.92 Å². The monoisotopic (exact) mass is 217 g/mol. The molecule has 0 aliphatic heterocycles. The van der Waals surface area contributed by atoms with Crippen LogP contribution < -0.4 is 16.4 Å². The molecule has 0 radical (unpaired) electrons. The molecule has 0 aromatic carbocycles. The highest BCUT2D eigenvalue weighted by atomic mass is 16.5. The van der Waals surface area contributed by atoms with Crippen LogP contribution in [0, 0.1) is 0 Å². The predicted molar refractivity (Wildman–Crippen MR) is 51.8 cm³/mol. The van der Waals surface area contributed by atoms with Gasteiger partial charge < -0.3 is 15.8 Å². The van der Waals surface area contributed by atoms with Gasteiger partial charge in [0.05, 0.1) is 19.6 Å². The standard InChI is InChI=1S/C8H15N3O4/c1-5(7(13)11-8(9)14)10-4-3-6(12)15-2/h5,10H,3-4H2,1-2H3,(H3,9,11,13,14). The van der Waals surface area contributed by atoms with Crippen LogP contribution in [0.15, 0.2) is 0 Å². The third-order valence-corrected chi connectivity index (χ3v) is 1.65. The number of hydrogen-bond acceptors (Lipinski definition) is 5. The van der Waals surface area contributed by atoms with Crippen LogP contribution in [0.2, 0.25) is 0 Å². The number of esters is 1. The number of nitrogens with two attached hydrogens (primary N) is 1. The third kappa shape index (κ3) is 6.44. The number of carbonyl (C=O) groups excluding carboxylic acids is 3. The van der Waals surface area contributed by atoms with Gasteiger partial charge in [0.15, 0.2) is 0 Å².